The molecule has 1 aromatic rings. The monoisotopic (exact) mass is 314 g/mol. The maximum atomic E-state index is 12.3. The molecule has 21 heavy (non-hydrogen) atoms. The first-order valence-corrected chi connectivity index (χ1v) is 8.64. The summed E-state index contributed by atoms with van der Waals surface area (Å²) in [7, 11) is -0.0533. The van der Waals surface area contributed by atoms with Crippen molar-refractivity contribution in [3.05, 3.63) is 23.8 Å². The fourth-order valence-electron chi connectivity index (χ4n) is 2.83. The Morgan fingerprint density at radius 3 is 2.62 bits per heavy atom. The van der Waals surface area contributed by atoms with E-state index < -0.39 is 21.1 Å². The summed E-state index contributed by atoms with van der Waals surface area (Å²) in [5, 5.41) is -0.544. The Bertz CT molecular complexity index is 589. The largest absolute Gasteiger partial charge is 0.497 e. The van der Waals surface area contributed by atoms with Gasteiger partial charge in [0.25, 0.3) is 0 Å². The van der Waals surface area contributed by atoms with E-state index in [0.29, 0.717) is 29.9 Å². The Morgan fingerprint density at radius 2 is 2.05 bits per heavy atom. The second-order valence-corrected chi connectivity index (χ2v) is 7.49. The van der Waals surface area contributed by atoms with Gasteiger partial charge in [-0.2, -0.15) is 0 Å². The Morgan fingerprint density at radius 1 is 1.29 bits per heavy atom. The summed E-state index contributed by atoms with van der Waals surface area (Å²) in [6.45, 7) is 0. The molecule has 2 rings (SSSR count). The molecular weight excluding hydrogens is 292 g/mol. The molecule has 1 fully saturated rings. The third-order valence-corrected chi connectivity index (χ3v) is 6.24. The second-order valence-electron chi connectivity index (χ2n) is 5.15. The quantitative estimate of drug-likeness (QED) is 0.626. The number of sulfone groups is 1. The predicted molar refractivity (Wildman–Crippen MR) is 81.0 cm³/mol. The number of ether oxygens (including phenoxy) is 2. The molecule has 1 aromatic carbocycles. The smallest absolute Gasteiger partial charge is 0.155 e. The number of nitrogens with two attached hydrogens (primary N) is 1. The van der Waals surface area contributed by atoms with Gasteiger partial charge in [-0.25, -0.2) is 8.42 Å². The van der Waals surface area contributed by atoms with Crippen LogP contribution in [0.15, 0.2) is 18.2 Å². The predicted octanol–water partition coefficient (Wildman–Crippen LogP) is 1.18. The maximum Gasteiger partial charge on any atom is 0.155 e. The van der Waals surface area contributed by atoms with Crippen molar-refractivity contribution in [1.29, 1.82) is 0 Å². The Balaban J connectivity index is 2.45. The van der Waals surface area contributed by atoms with Gasteiger partial charge in [0.1, 0.15) is 11.5 Å². The van der Waals surface area contributed by atoms with Crippen LogP contribution >= 0.6 is 0 Å². The number of methoxy groups -OCH3 is 2. The molecule has 6 nitrogen and oxygen atoms in total. The lowest BCUT2D eigenvalue weighted by molar-refractivity contribution is 0.382. The highest BCUT2D eigenvalue weighted by Crippen LogP contribution is 2.36. The molecule has 0 bridgehead atoms. The van der Waals surface area contributed by atoms with Gasteiger partial charge in [-0.15, -0.1) is 0 Å². The highest BCUT2D eigenvalue weighted by atomic mass is 32.2. The fourth-order valence-corrected chi connectivity index (χ4v) is 4.91. The molecular formula is C14H22N2O4S. The van der Waals surface area contributed by atoms with Gasteiger partial charge >= 0.3 is 0 Å². The number of hydrazine groups is 1. The summed E-state index contributed by atoms with van der Waals surface area (Å²) in [5.41, 5.74) is 3.36. The van der Waals surface area contributed by atoms with Crippen molar-refractivity contribution in [3.8, 4) is 11.5 Å². The molecule has 0 spiro atoms. The van der Waals surface area contributed by atoms with E-state index in [2.05, 4.69) is 5.43 Å². The van der Waals surface area contributed by atoms with Crippen LogP contribution in [0.5, 0.6) is 11.5 Å². The molecule has 0 radical (unpaired) electrons. The molecule has 7 heteroatoms. The minimum Gasteiger partial charge on any atom is -0.497 e. The van der Waals surface area contributed by atoms with Crippen molar-refractivity contribution in [1.82, 2.24) is 5.43 Å². The first kappa shape index (κ1) is 16.1. The van der Waals surface area contributed by atoms with Crippen LogP contribution in [0.4, 0.5) is 0 Å². The normalized spacial score (nSPS) is 22.5. The van der Waals surface area contributed by atoms with Crippen molar-refractivity contribution in [2.45, 2.75) is 30.6 Å². The molecule has 1 saturated heterocycles. The van der Waals surface area contributed by atoms with E-state index in [4.69, 9.17) is 15.3 Å². The molecule has 2 atom stereocenters. The van der Waals surface area contributed by atoms with E-state index in [1.54, 1.807) is 32.4 Å². The minimum atomic E-state index is -3.17. The van der Waals surface area contributed by atoms with E-state index in [-0.39, 0.29) is 5.75 Å². The third kappa shape index (κ3) is 3.30. The summed E-state index contributed by atoms with van der Waals surface area (Å²) in [5.74, 6) is 7.11. The molecule has 1 heterocycles. The van der Waals surface area contributed by atoms with Gasteiger partial charge < -0.3 is 9.47 Å². The summed E-state index contributed by atoms with van der Waals surface area (Å²) in [6.07, 6.45) is 2.19. The lowest BCUT2D eigenvalue weighted by atomic mass is 9.98. The topological polar surface area (TPSA) is 90.7 Å². The Hall–Kier alpha value is -1.31. The van der Waals surface area contributed by atoms with E-state index in [9.17, 15) is 8.42 Å². The van der Waals surface area contributed by atoms with Gasteiger partial charge in [0.2, 0.25) is 0 Å². The van der Waals surface area contributed by atoms with E-state index in [0.717, 1.165) is 6.42 Å². The zero-order valence-corrected chi connectivity index (χ0v) is 13.2. The van der Waals surface area contributed by atoms with Crippen LogP contribution in [0, 0.1) is 0 Å². The van der Waals surface area contributed by atoms with Crippen LogP contribution < -0.4 is 20.7 Å². The Kier molecular flexibility index (Phi) is 5.08. The van der Waals surface area contributed by atoms with Crippen molar-refractivity contribution in [2.24, 2.45) is 5.84 Å². The average molecular weight is 314 g/mol. The van der Waals surface area contributed by atoms with Crippen molar-refractivity contribution < 1.29 is 17.9 Å². The second kappa shape index (κ2) is 6.64. The van der Waals surface area contributed by atoms with Gasteiger partial charge in [0.05, 0.1) is 31.3 Å². The van der Waals surface area contributed by atoms with Crippen molar-refractivity contribution >= 4 is 9.84 Å². The zero-order valence-electron chi connectivity index (χ0n) is 12.3. The summed E-state index contributed by atoms with van der Waals surface area (Å²) in [4.78, 5) is 0. The average Bonchev–Trinajstić information content (AvgIpc) is 2.49. The molecule has 0 aromatic heterocycles. The molecule has 3 N–H and O–H groups in total. The lowest BCUT2D eigenvalue weighted by Gasteiger charge is -2.30. The lowest BCUT2D eigenvalue weighted by Crippen LogP contribution is -2.43. The zero-order chi connectivity index (χ0) is 15.5. The number of benzene rings is 1. The molecule has 1 aliphatic heterocycles. The van der Waals surface area contributed by atoms with Gasteiger partial charge in [0.15, 0.2) is 9.84 Å². The Labute approximate surface area is 125 Å². The van der Waals surface area contributed by atoms with Crippen molar-refractivity contribution in [2.75, 3.05) is 20.0 Å². The summed E-state index contributed by atoms with van der Waals surface area (Å²) < 4.78 is 35.2. The van der Waals surface area contributed by atoms with E-state index in [1.165, 1.54) is 0 Å². The highest BCUT2D eigenvalue weighted by molar-refractivity contribution is 7.92. The van der Waals surface area contributed by atoms with Crippen molar-refractivity contribution in [3.63, 3.8) is 0 Å². The molecule has 0 aliphatic carbocycles. The maximum absolute atomic E-state index is 12.3. The molecule has 2 unspecified atom stereocenters. The number of hydrogen-bond acceptors (Lipinski definition) is 6. The van der Waals surface area contributed by atoms with Gasteiger partial charge in [-0.1, -0.05) is 6.42 Å². The van der Waals surface area contributed by atoms with Crippen LogP contribution in [0.3, 0.4) is 0 Å². The van der Waals surface area contributed by atoms with Crippen LogP contribution in [-0.4, -0.2) is 33.6 Å². The first-order valence-electron chi connectivity index (χ1n) is 6.93. The first-order chi connectivity index (χ1) is 10.0. The minimum absolute atomic E-state index is 0.210. The van der Waals surface area contributed by atoms with Crippen LogP contribution in [0.2, 0.25) is 0 Å². The third-order valence-electron chi connectivity index (χ3n) is 3.95. The van der Waals surface area contributed by atoms with E-state index in [1.807, 2.05) is 0 Å². The van der Waals surface area contributed by atoms with Crippen LogP contribution in [0.1, 0.15) is 30.9 Å². The SMILES string of the molecule is COc1ccc(OC)c(C(NN)C2CCCCS2(=O)=O)c1. The van der Waals surface area contributed by atoms with Gasteiger partial charge in [-0.05, 0) is 31.0 Å². The van der Waals surface area contributed by atoms with Gasteiger partial charge in [-0.3, -0.25) is 11.3 Å². The molecule has 0 amide bonds. The molecule has 118 valence electrons. The molecule has 0 saturated carbocycles. The van der Waals surface area contributed by atoms with Crippen LogP contribution in [0.25, 0.3) is 0 Å². The van der Waals surface area contributed by atoms with Crippen LogP contribution in [-0.2, 0) is 9.84 Å². The standard InChI is InChI=1S/C14H22N2O4S/c1-19-10-6-7-12(20-2)11(9-10)14(16-15)13-5-3-4-8-21(13,17)18/h6-7,9,13-14,16H,3-5,8,15H2,1-2H3. The number of rotatable bonds is 5. The van der Waals surface area contributed by atoms with E-state index >= 15 is 0 Å². The fraction of sp³-hybridized carbons (Fsp3) is 0.571. The number of nitrogens with one attached hydrogen (secondary N) is 1. The highest BCUT2D eigenvalue weighted by Gasteiger charge is 2.37. The van der Waals surface area contributed by atoms with Gasteiger partial charge in [0, 0.05) is 5.56 Å². The summed E-state index contributed by atoms with van der Waals surface area (Å²) in [6, 6.07) is 4.78. The number of hydrogen-bond donors (Lipinski definition) is 2. The summed E-state index contributed by atoms with van der Waals surface area (Å²) >= 11 is 0. The molecule has 1 aliphatic rings.